The molecule has 1 unspecified atom stereocenters. The van der Waals surface area contributed by atoms with Crippen molar-refractivity contribution < 1.29 is 27.4 Å². The molecule has 1 N–H and O–H groups in total. The van der Waals surface area contributed by atoms with Crippen molar-refractivity contribution in [3.63, 3.8) is 0 Å². The molecule has 2 aromatic carbocycles. The number of hydrogen-bond acceptors (Lipinski definition) is 6. The highest BCUT2D eigenvalue weighted by Gasteiger charge is 2.36. The zero-order valence-electron chi connectivity index (χ0n) is 16.2. The number of sulfonamides is 1. The zero-order valence-corrected chi connectivity index (χ0v) is 17.0. The third kappa shape index (κ3) is 4.13. The van der Waals surface area contributed by atoms with Crippen LogP contribution in [0.25, 0.3) is 0 Å². The van der Waals surface area contributed by atoms with Crippen LogP contribution in [0.3, 0.4) is 0 Å². The van der Waals surface area contributed by atoms with Crippen molar-refractivity contribution in [2.45, 2.75) is 36.8 Å². The van der Waals surface area contributed by atoms with Crippen molar-refractivity contribution in [3.8, 4) is 11.5 Å². The van der Waals surface area contributed by atoms with Crippen molar-refractivity contribution >= 4 is 16.0 Å². The number of methoxy groups -OCH3 is 2. The van der Waals surface area contributed by atoms with Crippen molar-refractivity contribution in [3.05, 3.63) is 53.6 Å². The Hall–Kier alpha value is -2.58. The highest BCUT2D eigenvalue weighted by molar-refractivity contribution is 7.89. The fourth-order valence-electron chi connectivity index (χ4n) is 3.23. The molecule has 0 radical (unpaired) electrons. The molecule has 1 heterocycles. The van der Waals surface area contributed by atoms with E-state index in [9.17, 15) is 13.2 Å². The first kappa shape index (κ1) is 20.2. The molecule has 28 heavy (non-hydrogen) atoms. The molecule has 0 aliphatic carbocycles. The Morgan fingerprint density at radius 1 is 1.18 bits per heavy atom. The Balaban J connectivity index is 1.97. The average molecular weight is 405 g/mol. The van der Waals surface area contributed by atoms with E-state index in [1.54, 1.807) is 25.3 Å². The van der Waals surface area contributed by atoms with E-state index in [0.717, 1.165) is 0 Å². The van der Waals surface area contributed by atoms with Gasteiger partial charge in [-0.25, -0.2) is 17.9 Å². The summed E-state index contributed by atoms with van der Waals surface area (Å²) in [5.41, 5.74) is 0.314. The van der Waals surface area contributed by atoms with Gasteiger partial charge in [0.05, 0.1) is 30.7 Å². The molecule has 1 aliphatic rings. The third-order valence-corrected chi connectivity index (χ3v) is 6.01. The van der Waals surface area contributed by atoms with Gasteiger partial charge in [-0.3, -0.25) is 0 Å². The van der Waals surface area contributed by atoms with Crippen LogP contribution in [0.5, 0.6) is 11.5 Å². The molecule has 0 bridgehead atoms. The molecule has 0 saturated carbocycles. The lowest BCUT2D eigenvalue weighted by Gasteiger charge is -2.37. The van der Waals surface area contributed by atoms with Crippen molar-refractivity contribution in [1.82, 2.24) is 4.72 Å². The Bertz CT molecular complexity index is 1000. The Kier molecular flexibility index (Phi) is 5.36. The van der Waals surface area contributed by atoms with Crippen LogP contribution in [-0.4, -0.2) is 34.2 Å². The van der Waals surface area contributed by atoms with E-state index in [4.69, 9.17) is 9.47 Å². The number of esters is 1. The quantitative estimate of drug-likeness (QED) is 0.769. The topological polar surface area (TPSA) is 90.9 Å². The minimum absolute atomic E-state index is 0.0101. The fourth-order valence-corrected chi connectivity index (χ4v) is 4.49. The van der Waals surface area contributed by atoms with Crippen LogP contribution >= 0.6 is 0 Å². The lowest BCUT2D eigenvalue weighted by molar-refractivity contribution is 0.0600. The summed E-state index contributed by atoms with van der Waals surface area (Å²) in [6, 6.07) is 10.5. The summed E-state index contributed by atoms with van der Waals surface area (Å²) in [7, 11) is -1.10. The summed E-state index contributed by atoms with van der Waals surface area (Å²) < 4.78 is 44.7. The number of benzene rings is 2. The number of ether oxygens (including phenoxy) is 3. The van der Waals surface area contributed by atoms with Gasteiger partial charge >= 0.3 is 5.97 Å². The van der Waals surface area contributed by atoms with E-state index in [1.807, 2.05) is 13.8 Å². The number of nitrogens with one attached hydrogen (secondary N) is 1. The molecule has 0 aromatic heterocycles. The maximum atomic E-state index is 13.0. The second kappa shape index (κ2) is 7.44. The van der Waals surface area contributed by atoms with E-state index in [1.165, 1.54) is 31.4 Å². The predicted molar refractivity (Wildman–Crippen MR) is 103 cm³/mol. The van der Waals surface area contributed by atoms with Crippen LogP contribution < -0.4 is 14.2 Å². The van der Waals surface area contributed by atoms with E-state index >= 15 is 0 Å². The van der Waals surface area contributed by atoms with Gasteiger partial charge in [-0.05, 0) is 50.2 Å². The van der Waals surface area contributed by atoms with Gasteiger partial charge in [0, 0.05) is 12.0 Å². The summed E-state index contributed by atoms with van der Waals surface area (Å²) >= 11 is 0. The molecule has 7 nitrogen and oxygen atoms in total. The van der Waals surface area contributed by atoms with Crippen molar-refractivity contribution in [1.29, 1.82) is 0 Å². The van der Waals surface area contributed by atoms with E-state index < -0.39 is 27.6 Å². The summed E-state index contributed by atoms with van der Waals surface area (Å²) in [5.74, 6) is 0.617. The van der Waals surface area contributed by atoms with Crippen molar-refractivity contribution in [2.24, 2.45) is 0 Å². The Morgan fingerprint density at radius 3 is 2.61 bits per heavy atom. The summed E-state index contributed by atoms with van der Waals surface area (Å²) in [4.78, 5) is 11.7. The van der Waals surface area contributed by atoms with Gasteiger partial charge in [-0.15, -0.1) is 0 Å². The summed E-state index contributed by atoms with van der Waals surface area (Å²) in [6.07, 6.45) is 0.434. The second-order valence-corrected chi connectivity index (χ2v) is 8.88. The maximum Gasteiger partial charge on any atom is 0.337 e. The number of carbonyl (C=O) groups is 1. The van der Waals surface area contributed by atoms with E-state index in [0.29, 0.717) is 23.5 Å². The van der Waals surface area contributed by atoms with Gasteiger partial charge in [-0.1, -0.05) is 6.07 Å². The molecule has 0 saturated heterocycles. The smallest absolute Gasteiger partial charge is 0.337 e. The van der Waals surface area contributed by atoms with Gasteiger partial charge in [0.15, 0.2) is 0 Å². The minimum atomic E-state index is -3.89. The Morgan fingerprint density at radius 2 is 1.93 bits per heavy atom. The summed E-state index contributed by atoms with van der Waals surface area (Å²) in [6.45, 7) is 3.80. The highest BCUT2D eigenvalue weighted by atomic mass is 32.2. The first-order valence-corrected chi connectivity index (χ1v) is 10.2. The van der Waals surface area contributed by atoms with Gasteiger partial charge in [0.25, 0.3) is 0 Å². The zero-order chi connectivity index (χ0) is 20.5. The molecular weight excluding hydrogens is 382 g/mol. The number of rotatable bonds is 5. The molecule has 0 fully saturated rings. The molecular formula is C20H23NO6S. The highest BCUT2D eigenvalue weighted by Crippen LogP contribution is 2.41. The third-order valence-electron chi connectivity index (χ3n) is 4.54. The number of fused-ring (bicyclic) bond motifs is 1. The van der Waals surface area contributed by atoms with Crippen LogP contribution in [0, 0.1) is 0 Å². The predicted octanol–water partition coefficient (Wildman–Crippen LogP) is 3.06. The lowest BCUT2D eigenvalue weighted by atomic mass is 9.90. The average Bonchev–Trinajstić information content (AvgIpc) is 2.66. The number of carbonyl (C=O) groups excluding carboxylic acids is 1. The van der Waals surface area contributed by atoms with Gasteiger partial charge in [0.2, 0.25) is 10.0 Å². The first-order valence-electron chi connectivity index (χ1n) is 8.73. The van der Waals surface area contributed by atoms with Crippen LogP contribution in [0.4, 0.5) is 0 Å². The monoisotopic (exact) mass is 405 g/mol. The van der Waals surface area contributed by atoms with Gasteiger partial charge < -0.3 is 14.2 Å². The van der Waals surface area contributed by atoms with Crippen molar-refractivity contribution in [2.75, 3.05) is 14.2 Å². The molecule has 0 spiro atoms. The molecule has 2 aromatic rings. The molecule has 150 valence electrons. The summed E-state index contributed by atoms with van der Waals surface area (Å²) in [5, 5.41) is 0. The van der Waals surface area contributed by atoms with Crippen LogP contribution in [0.2, 0.25) is 0 Å². The fraction of sp³-hybridized carbons (Fsp3) is 0.350. The first-order chi connectivity index (χ1) is 13.1. The molecule has 3 rings (SSSR count). The molecule has 1 aliphatic heterocycles. The molecule has 1 atom stereocenters. The van der Waals surface area contributed by atoms with Gasteiger partial charge in [0.1, 0.15) is 17.1 Å². The van der Waals surface area contributed by atoms with Gasteiger partial charge in [-0.2, -0.15) is 0 Å². The maximum absolute atomic E-state index is 13.0. The standard InChI is InChI=1S/C20H23NO6S/c1-20(2)12-17(16-11-14(25-3)8-9-18(16)27-20)21-28(23,24)15-7-5-6-13(10-15)19(22)26-4/h5-11,17,21H,12H2,1-4H3. The van der Waals surface area contributed by atoms with Crippen LogP contribution in [0.1, 0.15) is 42.2 Å². The van der Waals surface area contributed by atoms with E-state index in [2.05, 4.69) is 9.46 Å². The molecule has 0 amide bonds. The SMILES string of the molecule is COC(=O)c1cccc(S(=O)(=O)NC2CC(C)(C)Oc3ccc(OC)cc32)c1. The van der Waals surface area contributed by atoms with E-state index in [-0.39, 0.29) is 10.5 Å². The van der Waals surface area contributed by atoms with Crippen LogP contribution in [0.15, 0.2) is 47.4 Å². The molecule has 8 heteroatoms. The second-order valence-electron chi connectivity index (χ2n) is 7.16. The minimum Gasteiger partial charge on any atom is -0.497 e. The number of hydrogen-bond donors (Lipinski definition) is 1. The van der Waals surface area contributed by atoms with Crippen LogP contribution in [-0.2, 0) is 14.8 Å². The largest absolute Gasteiger partial charge is 0.497 e. The lowest BCUT2D eigenvalue weighted by Crippen LogP contribution is -2.41. The Labute approximate surface area is 164 Å². The normalized spacial score (nSPS) is 17.9.